The van der Waals surface area contributed by atoms with Gasteiger partial charge < -0.3 is 14.6 Å². The number of rotatable bonds is 8. The second-order valence-corrected chi connectivity index (χ2v) is 12.7. The monoisotopic (exact) mass is 637 g/mol. The fraction of sp³-hybridized carbons (Fsp3) is 0.138. The van der Waals surface area contributed by atoms with Crippen LogP contribution in [0.15, 0.2) is 82.5 Å². The molecule has 0 aliphatic carbocycles. The van der Waals surface area contributed by atoms with Crippen LogP contribution < -0.4 is 15.6 Å². The number of esters is 1. The van der Waals surface area contributed by atoms with Gasteiger partial charge in [0, 0.05) is 28.7 Å². The molecule has 0 fully saturated rings. The molecule has 11 nitrogen and oxygen atoms in total. The molecule has 0 saturated heterocycles. The van der Waals surface area contributed by atoms with Crippen LogP contribution in [0.25, 0.3) is 21.9 Å². The first-order chi connectivity index (χ1) is 20.4. The maximum absolute atomic E-state index is 13.5. The number of pyridine rings is 1. The lowest BCUT2D eigenvalue weighted by Gasteiger charge is -2.19. The van der Waals surface area contributed by atoms with E-state index in [0.29, 0.717) is 31.9 Å². The van der Waals surface area contributed by atoms with E-state index in [1.807, 2.05) is 0 Å². The molecule has 0 spiro atoms. The minimum absolute atomic E-state index is 0.0293. The van der Waals surface area contributed by atoms with E-state index in [2.05, 4.69) is 20.2 Å². The van der Waals surface area contributed by atoms with Crippen molar-refractivity contribution in [2.24, 2.45) is 7.05 Å². The van der Waals surface area contributed by atoms with Crippen LogP contribution in [-0.4, -0.2) is 41.2 Å². The van der Waals surface area contributed by atoms with E-state index in [0.717, 1.165) is 11.3 Å². The van der Waals surface area contributed by atoms with Crippen molar-refractivity contribution in [1.82, 2.24) is 14.8 Å². The summed E-state index contributed by atoms with van der Waals surface area (Å²) in [5, 5.41) is 12.3. The van der Waals surface area contributed by atoms with Crippen LogP contribution in [0.1, 0.15) is 22.4 Å². The van der Waals surface area contributed by atoms with Gasteiger partial charge in [-0.25, -0.2) is 13.2 Å². The molecule has 14 heteroatoms. The van der Waals surface area contributed by atoms with Crippen LogP contribution in [0.3, 0.4) is 0 Å². The predicted octanol–water partition coefficient (Wildman–Crippen LogP) is 5.00. The van der Waals surface area contributed by atoms with Crippen molar-refractivity contribution >= 4 is 66.4 Å². The highest BCUT2D eigenvalue weighted by atomic mass is 35.5. The summed E-state index contributed by atoms with van der Waals surface area (Å²) >= 11 is 7.18. The molecular weight excluding hydrogens is 614 g/mol. The summed E-state index contributed by atoms with van der Waals surface area (Å²) in [7, 11) is -2.46. The van der Waals surface area contributed by atoms with Crippen molar-refractivity contribution in [3.05, 3.63) is 98.9 Å². The van der Waals surface area contributed by atoms with Crippen LogP contribution >= 0.6 is 22.9 Å². The SMILES string of the molecule is Cc1nnc(NS(=O)(=O)c2ccc(NC(=O)C(C)OC(=O)c3c(-c4ccc(Cl)cc4)c4ccccc4c(=O)n3C)cc2)s1. The number of hydrogen-bond donors (Lipinski definition) is 2. The molecule has 2 N–H and O–H groups in total. The highest BCUT2D eigenvalue weighted by Gasteiger charge is 2.26. The topological polar surface area (TPSA) is 149 Å². The minimum atomic E-state index is -3.92. The zero-order valence-electron chi connectivity index (χ0n) is 23.0. The molecule has 5 rings (SSSR count). The van der Waals surface area contributed by atoms with Crippen molar-refractivity contribution in [1.29, 1.82) is 0 Å². The molecule has 220 valence electrons. The van der Waals surface area contributed by atoms with Gasteiger partial charge in [-0.05, 0) is 67.3 Å². The van der Waals surface area contributed by atoms with E-state index >= 15 is 0 Å². The third kappa shape index (κ3) is 6.28. The zero-order valence-corrected chi connectivity index (χ0v) is 25.4. The molecule has 0 aliphatic rings. The summed E-state index contributed by atoms with van der Waals surface area (Å²) in [6.07, 6.45) is -1.27. The number of halogens is 1. The number of ether oxygens (including phenoxy) is 1. The number of carbonyl (C=O) groups is 2. The zero-order chi connectivity index (χ0) is 30.9. The Morgan fingerprint density at radius 2 is 1.63 bits per heavy atom. The van der Waals surface area contributed by atoms with Crippen molar-refractivity contribution in [3.63, 3.8) is 0 Å². The third-order valence-corrected chi connectivity index (χ3v) is 8.95. The van der Waals surface area contributed by atoms with Crippen LogP contribution in [0.5, 0.6) is 0 Å². The quantitative estimate of drug-likeness (QED) is 0.226. The Kier molecular flexibility index (Phi) is 8.31. The Morgan fingerprint density at radius 1 is 0.977 bits per heavy atom. The fourth-order valence-corrected chi connectivity index (χ4v) is 6.30. The average Bonchev–Trinajstić information content (AvgIpc) is 3.39. The largest absolute Gasteiger partial charge is 0.448 e. The Bertz CT molecular complexity index is 2020. The summed E-state index contributed by atoms with van der Waals surface area (Å²) in [6, 6.07) is 19.1. The Hall–Kier alpha value is -4.59. The van der Waals surface area contributed by atoms with Gasteiger partial charge in [0.05, 0.1) is 4.90 Å². The molecule has 1 unspecified atom stereocenters. The number of fused-ring (bicyclic) bond motifs is 1. The van der Waals surface area contributed by atoms with Gasteiger partial charge in [0.25, 0.3) is 21.5 Å². The number of hydrogen-bond acceptors (Lipinski definition) is 9. The van der Waals surface area contributed by atoms with Crippen molar-refractivity contribution in [2.75, 3.05) is 10.0 Å². The van der Waals surface area contributed by atoms with Gasteiger partial charge in [0.15, 0.2) is 6.10 Å². The highest BCUT2D eigenvalue weighted by molar-refractivity contribution is 7.93. The average molecular weight is 638 g/mol. The van der Waals surface area contributed by atoms with Crippen molar-refractivity contribution in [2.45, 2.75) is 24.8 Å². The van der Waals surface area contributed by atoms with Crippen LogP contribution in [0.4, 0.5) is 10.8 Å². The van der Waals surface area contributed by atoms with E-state index in [1.165, 1.54) is 42.8 Å². The molecule has 2 aromatic heterocycles. The van der Waals surface area contributed by atoms with Gasteiger partial charge in [0.1, 0.15) is 10.7 Å². The molecule has 2 heterocycles. The van der Waals surface area contributed by atoms with E-state index < -0.39 is 33.6 Å². The number of nitrogens with one attached hydrogen (secondary N) is 2. The maximum atomic E-state index is 13.5. The Labute approximate surface area is 255 Å². The minimum Gasteiger partial charge on any atom is -0.448 e. The lowest BCUT2D eigenvalue weighted by atomic mass is 9.96. The van der Waals surface area contributed by atoms with E-state index in [9.17, 15) is 22.8 Å². The summed E-state index contributed by atoms with van der Waals surface area (Å²) in [5.41, 5.74) is 0.937. The number of aryl methyl sites for hydroxylation is 1. The molecule has 43 heavy (non-hydrogen) atoms. The molecule has 0 aliphatic heterocycles. The van der Waals surface area contributed by atoms with E-state index in [-0.39, 0.29) is 21.4 Å². The number of anilines is 2. The molecule has 1 atom stereocenters. The van der Waals surface area contributed by atoms with Gasteiger partial charge in [-0.2, -0.15) is 0 Å². The number of benzene rings is 3. The molecule has 0 saturated carbocycles. The number of aromatic nitrogens is 3. The van der Waals surface area contributed by atoms with Crippen molar-refractivity contribution in [3.8, 4) is 11.1 Å². The van der Waals surface area contributed by atoms with E-state index in [4.69, 9.17) is 16.3 Å². The molecule has 0 radical (unpaired) electrons. The summed E-state index contributed by atoms with van der Waals surface area (Å²) in [4.78, 5) is 39.6. The molecule has 1 amide bonds. The number of carbonyl (C=O) groups excluding carboxylic acids is 2. The Morgan fingerprint density at radius 3 is 2.26 bits per heavy atom. The van der Waals surface area contributed by atoms with Crippen LogP contribution in [0, 0.1) is 6.92 Å². The lowest BCUT2D eigenvalue weighted by Crippen LogP contribution is -2.33. The van der Waals surface area contributed by atoms with Gasteiger partial charge in [-0.15, -0.1) is 10.2 Å². The van der Waals surface area contributed by atoms with Gasteiger partial charge in [-0.3, -0.25) is 14.3 Å². The first-order valence-electron chi connectivity index (χ1n) is 12.8. The number of sulfonamides is 1. The first-order valence-corrected chi connectivity index (χ1v) is 15.4. The molecular formula is C29H24ClN5O6S2. The smallest absolute Gasteiger partial charge is 0.356 e. The number of amides is 1. The maximum Gasteiger partial charge on any atom is 0.356 e. The second-order valence-electron chi connectivity index (χ2n) is 9.43. The standard InChI is InChI=1S/C29H24ClN5O6S2/c1-16(26(36)31-20-12-14-21(15-13-20)43(39,40)34-29-33-32-17(2)42-29)41-28(38)25-24(18-8-10-19(30)11-9-18)22-6-4-5-7-23(22)27(37)35(25)3/h4-16H,1-3H3,(H,31,36)(H,33,34). The van der Waals surface area contributed by atoms with E-state index in [1.54, 1.807) is 55.5 Å². The fourth-order valence-electron chi connectivity index (χ4n) is 4.36. The van der Waals surface area contributed by atoms with Gasteiger partial charge in [0.2, 0.25) is 5.13 Å². The normalized spacial score (nSPS) is 12.1. The first kappa shape index (κ1) is 29.9. The molecule has 5 aromatic rings. The molecule has 0 bridgehead atoms. The van der Waals surface area contributed by atoms with Gasteiger partial charge >= 0.3 is 5.97 Å². The Balaban J connectivity index is 1.36. The van der Waals surface area contributed by atoms with Crippen molar-refractivity contribution < 1.29 is 22.7 Å². The highest BCUT2D eigenvalue weighted by Crippen LogP contribution is 2.32. The van der Waals surface area contributed by atoms with Crippen LogP contribution in [0.2, 0.25) is 5.02 Å². The summed E-state index contributed by atoms with van der Waals surface area (Å²) in [5.74, 6) is -1.54. The molecule has 3 aromatic carbocycles. The third-order valence-electron chi connectivity index (χ3n) is 6.46. The second kappa shape index (κ2) is 12.0. The predicted molar refractivity (Wildman–Crippen MR) is 165 cm³/mol. The summed E-state index contributed by atoms with van der Waals surface area (Å²) in [6.45, 7) is 3.09. The number of nitrogens with zero attached hydrogens (tertiary/aromatic N) is 3. The van der Waals surface area contributed by atoms with Crippen LogP contribution in [-0.2, 0) is 26.6 Å². The summed E-state index contributed by atoms with van der Waals surface area (Å²) < 4.78 is 34.4. The van der Waals surface area contributed by atoms with Gasteiger partial charge in [-0.1, -0.05) is 53.3 Å². The lowest BCUT2D eigenvalue weighted by molar-refractivity contribution is -0.123.